The fourth-order valence-electron chi connectivity index (χ4n) is 2.65. The van der Waals surface area contributed by atoms with Crippen molar-refractivity contribution in [2.45, 2.75) is 26.4 Å². The molecule has 0 aliphatic rings. The lowest BCUT2D eigenvalue weighted by Crippen LogP contribution is -2.30. The first-order valence-electron chi connectivity index (χ1n) is 7.08. The smallest absolute Gasteiger partial charge is 0.0893 e. The summed E-state index contributed by atoms with van der Waals surface area (Å²) >= 11 is 0. The number of aromatic nitrogens is 3. The van der Waals surface area contributed by atoms with Crippen LogP contribution in [0.5, 0.6) is 0 Å². The molecule has 0 amide bonds. The maximum Gasteiger partial charge on any atom is 0.0893 e. The van der Waals surface area contributed by atoms with Gasteiger partial charge in [-0.25, -0.2) is 5.43 Å². The Hall–Kier alpha value is -2.24. The van der Waals surface area contributed by atoms with Crippen LogP contribution in [0.2, 0.25) is 0 Å². The number of rotatable bonds is 4. The first-order valence-corrected chi connectivity index (χ1v) is 7.08. The zero-order chi connectivity index (χ0) is 14.8. The predicted octanol–water partition coefficient (Wildman–Crippen LogP) is 2.31. The zero-order valence-corrected chi connectivity index (χ0v) is 12.2. The lowest BCUT2D eigenvalue weighted by Gasteiger charge is -2.17. The van der Waals surface area contributed by atoms with E-state index >= 15 is 0 Å². The molecule has 1 unspecified atom stereocenters. The number of hydrogen-bond donors (Lipinski definition) is 2. The van der Waals surface area contributed by atoms with E-state index in [1.165, 1.54) is 0 Å². The normalized spacial score (nSPS) is 12.7. The summed E-state index contributed by atoms with van der Waals surface area (Å²) < 4.78 is 1.97. The van der Waals surface area contributed by atoms with Gasteiger partial charge in [-0.2, -0.15) is 5.10 Å². The van der Waals surface area contributed by atoms with Gasteiger partial charge in [0.25, 0.3) is 0 Å². The number of fused-ring (bicyclic) bond motifs is 1. The van der Waals surface area contributed by atoms with Gasteiger partial charge < -0.3 is 0 Å². The molecule has 2 aromatic heterocycles. The van der Waals surface area contributed by atoms with Gasteiger partial charge in [-0.15, -0.1) is 0 Å². The molecule has 1 atom stereocenters. The molecule has 0 bridgehead atoms. The monoisotopic (exact) mass is 281 g/mol. The number of pyridine rings is 1. The van der Waals surface area contributed by atoms with Crippen molar-refractivity contribution in [3.63, 3.8) is 0 Å². The minimum Gasteiger partial charge on any atom is -0.271 e. The molecule has 5 heteroatoms. The van der Waals surface area contributed by atoms with Crippen LogP contribution in [0.25, 0.3) is 10.9 Å². The third-order valence-corrected chi connectivity index (χ3v) is 3.64. The summed E-state index contributed by atoms with van der Waals surface area (Å²) in [7, 11) is 0. The molecule has 3 rings (SSSR count). The molecule has 108 valence electrons. The van der Waals surface area contributed by atoms with Gasteiger partial charge in [0.2, 0.25) is 0 Å². The highest BCUT2D eigenvalue weighted by Gasteiger charge is 2.18. The number of benzene rings is 1. The highest BCUT2D eigenvalue weighted by Crippen LogP contribution is 2.24. The van der Waals surface area contributed by atoms with Gasteiger partial charge in [0.15, 0.2) is 0 Å². The average molecular weight is 281 g/mol. The van der Waals surface area contributed by atoms with Crippen molar-refractivity contribution >= 4 is 10.9 Å². The topological polar surface area (TPSA) is 68.8 Å². The summed E-state index contributed by atoms with van der Waals surface area (Å²) in [4.78, 5) is 4.51. The molecule has 1 aromatic carbocycles. The van der Waals surface area contributed by atoms with E-state index in [0.717, 1.165) is 34.4 Å². The first-order chi connectivity index (χ1) is 10.2. The predicted molar refractivity (Wildman–Crippen MR) is 83.5 cm³/mol. The van der Waals surface area contributed by atoms with Crippen LogP contribution in [0.4, 0.5) is 0 Å². The molecule has 0 radical (unpaired) electrons. The van der Waals surface area contributed by atoms with E-state index < -0.39 is 0 Å². The van der Waals surface area contributed by atoms with E-state index in [1.807, 2.05) is 36.0 Å². The summed E-state index contributed by atoms with van der Waals surface area (Å²) in [6.07, 6.45) is 1.87. The maximum atomic E-state index is 5.79. The fourth-order valence-corrected chi connectivity index (χ4v) is 2.65. The Balaban J connectivity index is 2.08. The van der Waals surface area contributed by atoms with Crippen LogP contribution in [0.15, 0.2) is 42.6 Å². The third kappa shape index (κ3) is 2.53. The molecule has 0 aliphatic carbocycles. The summed E-state index contributed by atoms with van der Waals surface area (Å²) in [5.74, 6) is 5.79. The van der Waals surface area contributed by atoms with E-state index in [9.17, 15) is 0 Å². The number of hydrazine groups is 1. The minimum atomic E-state index is -0.122. The minimum absolute atomic E-state index is 0.122. The average Bonchev–Trinajstić information content (AvgIpc) is 2.89. The van der Waals surface area contributed by atoms with Crippen molar-refractivity contribution in [1.29, 1.82) is 0 Å². The quantitative estimate of drug-likeness (QED) is 0.569. The standard InChI is InChI=1S/C16H19N5/c1-3-21-15(8-11(2)20-21)16(19-17)13-9-12-6-4-5-7-14(12)18-10-13/h4-10,16,19H,3,17H2,1-2H3. The Kier molecular flexibility index (Phi) is 3.68. The molecule has 5 nitrogen and oxygen atoms in total. The molecule has 0 fully saturated rings. The van der Waals surface area contributed by atoms with Crippen molar-refractivity contribution in [2.75, 3.05) is 0 Å². The van der Waals surface area contributed by atoms with Crippen LogP contribution in [-0.4, -0.2) is 14.8 Å². The van der Waals surface area contributed by atoms with E-state index in [0.29, 0.717) is 0 Å². The van der Waals surface area contributed by atoms with E-state index in [2.05, 4.69) is 40.6 Å². The number of aryl methyl sites for hydroxylation is 2. The van der Waals surface area contributed by atoms with Crippen molar-refractivity contribution in [3.05, 3.63) is 59.5 Å². The van der Waals surface area contributed by atoms with E-state index in [-0.39, 0.29) is 6.04 Å². The molecule has 0 spiro atoms. The van der Waals surface area contributed by atoms with Crippen LogP contribution in [0.1, 0.15) is 29.9 Å². The number of nitrogens with two attached hydrogens (primary N) is 1. The zero-order valence-electron chi connectivity index (χ0n) is 12.2. The van der Waals surface area contributed by atoms with Crippen molar-refractivity contribution in [1.82, 2.24) is 20.2 Å². The lowest BCUT2D eigenvalue weighted by atomic mass is 10.0. The molecular weight excluding hydrogens is 262 g/mol. The van der Waals surface area contributed by atoms with E-state index in [4.69, 9.17) is 5.84 Å². The maximum absolute atomic E-state index is 5.79. The Morgan fingerprint density at radius 3 is 2.86 bits per heavy atom. The Morgan fingerprint density at radius 1 is 1.29 bits per heavy atom. The third-order valence-electron chi connectivity index (χ3n) is 3.64. The molecule has 21 heavy (non-hydrogen) atoms. The summed E-state index contributed by atoms with van der Waals surface area (Å²) in [6.45, 7) is 4.87. The van der Waals surface area contributed by atoms with Gasteiger partial charge >= 0.3 is 0 Å². The molecular formula is C16H19N5. The fraction of sp³-hybridized carbons (Fsp3) is 0.250. The lowest BCUT2D eigenvalue weighted by molar-refractivity contribution is 0.541. The summed E-state index contributed by atoms with van der Waals surface area (Å²) in [5.41, 5.74) is 6.94. The number of hydrogen-bond acceptors (Lipinski definition) is 4. The Bertz CT molecular complexity index is 762. The molecule has 2 heterocycles. The van der Waals surface area contributed by atoms with Crippen LogP contribution in [0, 0.1) is 6.92 Å². The number of nitrogens with one attached hydrogen (secondary N) is 1. The van der Waals surface area contributed by atoms with Gasteiger partial charge in [0, 0.05) is 18.1 Å². The van der Waals surface area contributed by atoms with Gasteiger partial charge in [-0.3, -0.25) is 15.5 Å². The molecule has 3 N–H and O–H groups in total. The van der Waals surface area contributed by atoms with Crippen molar-refractivity contribution in [3.8, 4) is 0 Å². The highest BCUT2D eigenvalue weighted by atomic mass is 15.3. The van der Waals surface area contributed by atoms with Crippen molar-refractivity contribution < 1.29 is 0 Å². The van der Waals surface area contributed by atoms with Gasteiger partial charge in [0.1, 0.15) is 0 Å². The largest absolute Gasteiger partial charge is 0.271 e. The van der Waals surface area contributed by atoms with E-state index in [1.54, 1.807) is 0 Å². The first kappa shape index (κ1) is 13.7. The van der Waals surface area contributed by atoms with Crippen LogP contribution >= 0.6 is 0 Å². The van der Waals surface area contributed by atoms with Crippen LogP contribution in [-0.2, 0) is 6.54 Å². The van der Waals surface area contributed by atoms with Gasteiger partial charge in [0.05, 0.1) is 22.9 Å². The second-order valence-electron chi connectivity index (χ2n) is 5.09. The second-order valence-corrected chi connectivity index (χ2v) is 5.09. The van der Waals surface area contributed by atoms with Gasteiger partial charge in [-0.05, 0) is 37.6 Å². The summed E-state index contributed by atoms with van der Waals surface area (Å²) in [5, 5.41) is 5.59. The SMILES string of the molecule is CCn1nc(C)cc1C(NN)c1cnc2ccccc2c1. The number of para-hydroxylation sites is 1. The molecule has 0 saturated carbocycles. The molecule has 0 aliphatic heterocycles. The Labute approximate surface area is 123 Å². The summed E-state index contributed by atoms with van der Waals surface area (Å²) in [6, 6.07) is 12.1. The van der Waals surface area contributed by atoms with Gasteiger partial charge in [-0.1, -0.05) is 18.2 Å². The van der Waals surface area contributed by atoms with Crippen LogP contribution < -0.4 is 11.3 Å². The molecule has 0 saturated heterocycles. The number of nitrogens with zero attached hydrogens (tertiary/aromatic N) is 3. The Morgan fingerprint density at radius 2 is 2.10 bits per heavy atom. The molecule has 3 aromatic rings. The second kappa shape index (κ2) is 5.63. The highest BCUT2D eigenvalue weighted by molar-refractivity contribution is 5.78. The van der Waals surface area contributed by atoms with Crippen molar-refractivity contribution in [2.24, 2.45) is 5.84 Å². The van der Waals surface area contributed by atoms with Crippen LogP contribution in [0.3, 0.4) is 0 Å².